The highest BCUT2D eigenvalue weighted by Gasteiger charge is 2.36. The minimum absolute atomic E-state index is 0.475. The smallest absolute Gasteiger partial charge is 0.0148 e. The number of fused-ring (bicyclic) bond motifs is 8. The van der Waals surface area contributed by atoms with Crippen LogP contribution in [0.4, 0.5) is 0 Å². The van der Waals surface area contributed by atoms with Crippen LogP contribution in [-0.4, -0.2) is 0 Å². The van der Waals surface area contributed by atoms with Crippen molar-refractivity contribution in [3.63, 3.8) is 0 Å². The first kappa shape index (κ1) is 16.1. The molecule has 0 unspecified atom stereocenters. The van der Waals surface area contributed by atoms with Crippen molar-refractivity contribution in [2.75, 3.05) is 0 Å². The van der Waals surface area contributed by atoms with Crippen LogP contribution < -0.4 is 0 Å². The van der Waals surface area contributed by atoms with Gasteiger partial charge in [0.05, 0.1) is 0 Å². The molecule has 0 saturated heterocycles. The van der Waals surface area contributed by atoms with Crippen LogP contribution in [0.25, 0.3) is 17.2 Å². The molecule has 0 heterocycles. The molecular formula is C28H24. The zero-order valence-corrected chi connectivity index (χ0v) is 16.5. The monoisotopic (exact) mass is 360 g/mol. The first-order valence-corrected chi connectivity index (χ1v) is 10.5. The van der Waals surface area contributed by atoms with Crippen molar-refractivity contribution >= 4 is 17.2 Å². The molecule has 0 nitrogen and oxygen atoms in total. The molecule has 28 heavy (non-hydrogen) atoms. The van der Waals surface area contributed by atoms with Gasteiger partial charge in [0.1, 0.15) is 0 Å². The number of hydrogen-bond acceptors (Lipinski definition) is 0. The maximum atomic E-state index is 2.37. The lowest BCUT2D eigenvalue weighted by Gasteiger charge is -2.24. The van der Waals surface area contributed by atoms with E-state index in [2.05, 4.69) is 80.6 Å². The Labute approximate surface area is 167 Å². The van der Waals surface area contributed by atoms with Crippen molar-refractivity contribution in [2.24, 2.45) is 0 Å². The molecule has 136 valence electrons. The van der Waals surface area contributed by atoms with Crippen LogP contribution in [0.2, 0.25) is 0 Å². The van der Waals surface area contributed by atoms with Gasteiger partial charge < -0.3 is 0 Å². The summed E-state index contributed by atoms with van der Waals surface area (Å²) in [6.07, 6.45) is 8.03. The fourth-order valence-electron chi connectivity index (χ4n) is 5.72. The van der Waals surface area contributed by atoms with Crippen molar-refractivity contribution < 1.29 is 0 Å². The molecule has 0 fully saturated rings. The van der Waals surface area contributed by atoms with Gasteiger partial charge in [0.25, 0.3) is 0 Å². The molecule has 0 heteroatoms. The van der Waals surface area contributed by atoms with Crippen molar-refractivity contribution in [1.82, 2.24) is 0 Å². The average Bonchev–Trinajstić information content (AvgIpc) is 3.04. The Morgan fingerprint density at radius 3 is 2.14 bits per heavy atom. The summed E-state index contributed by atoms with van der Waals surface area (Å²) >= 11 is 0. The van der Waals surface area contributed by atoms with Gasteiger partial charge in [0.15, 0.2) is 0 Å². The van der Waals surface area contributed by atoms with E-state index >= 15 is 0 Å². The molecule has 3 aliphatic carbocycles. The summed E-state index contributed by atoms with van der Waals surface area (Å²) in [5.41, 5.74) is 16.2. The molecule has 0 saturated carbocycles. The third-order valence-corrected chi connectivity index (χ3v) is 7.16. The number of hydrogen-bond donors (Lipinski definition) is 0. The van der Waals surface area contributed by atoms with Gasteiger partial charge in [-0.1, -0.05) is 66.7 Å². The molecule has 3 aromatic carbocycles. The normalized spacial score (nSPS) is 18.7. The molecule has 6 rings (SSSR count). The van der Waals surface area contributed by atoms with Crippen molar-refractivity contribution in [1.29, 1.82) is 0 Å². The van der Waals surface area contributed by atoms with Crippen LogP contribution in [0.5, 0.6) is 0 Å². The predicted octanol–water partition coefficient (Wildman–Crippen LogP) is 6.88. The Kier molecular flexibility index (Phi) is 3.35. The summed E-state index contributed by atoms with van der Waals surface area (Å²) in [5.74, 6) is 0.475. The Morgan fingerprint density at radius 1 is 0.714 bits per heavy atom. The fourth-order valence-corrected chi connectivity index (χ4v) is 5.72. The third-order valence-electron chi connectivity index (χ3n) is 7.16. The summed E-state index contributed by atoms with van der Waals surface area (Å²) in [7, 11) is 0. The third kappa shape index (κ3) is 2.06. The Hall–Kier alpha value is -2.86. The quantitative estimate of drug-likeness (QED) is 0.410. The largest absolute Gasteiger partial charge is 0.0830 e. The summed E-state index contributed by atoms with van der Waals surface area (Å²) in [4.78, 5) is 0. The molecule has 4 bridgehead atoms. The van der Waals surface area contributed by atoms with E-state index in [9.17, 15) is 0 Å². The van der Waals surface area contributed by atoms with E-state index in [0.717, 1.165) is 19.3 Å². The lowest BCUT2D eigenvalue weighted by Crippen LogP contribution is -2.07. The first-order chi connectivity index (χ1) is 13.7. The SMILES string of the molecule is Cc1c2cccc1C1=C(c3cccc(c3C)CC2)[C@H]2CC=Cc3cccc1c32. The summed E-state index contributed by atoms with van der Waals surface area (Å²) in [6.45, 7) is 4.66. The average molecular weight is 361 g/mol. The second-order valence-electron chi connectivity index (χ2n) is 8.47. The van der Waals surface area contributed by atoms with Crippen LogP contribution in [0.15, 0.2) is 60.7 Å². The van der Waals surface area contributed by atoms with Gasteiger partial charge in [-0.15, -0.1) is 0 Å². The predicted molar refractivity (Wildman–Crippen MR) is 119 cm³/mol. The highest BCUT2D eigenvalue weighted by Crippen LogP contribution is 2.55. The van der Waals surface area contributed by atoms with Gasteiger partial charge >= 0.3 is 0 Å². The van der Waals surface area contributed by atoms with Crippen LogP contribution in [-0.2, 0) is 12.8 Å². The molecule has 0 aliphatic heterocycles. The van der Waals surface area contributed by atoms with Gasteiger partial charge in [-0.3, -0.25) is 0 Å². The second kappa shape index (κ2) is 5.82. The fraction of sp³-hybridized carbons (Fsp3) is 0.214. The Balaban J connectivity index is 1.79. The highest BCUT2D eigenvalue weighted by molar-refractivity contribution is 6.08. The van der Waals surface area contributed by atoms with Crippen LogP contribution >= 0.6 is 0 Å². The Morgan fingerprint density at radius 2 is 1.36 bits per heavy atom. The zero-order valence-electron chi connectivity index (χ0n) is 16.5. The lowest BCUT2D eigenvalue weighted by atomic mass is 9.80. The molecule has 3 aliphatic rings. The van der Waals surface area contributed by atoms with E-state index in [4.69, 9.17) is 0 Å². The first-order valence-electron chi connectivity index (χ1n) is 10.5. The van der Waals surface area contributed by atoms with Crippen LogP contribution in [0, 0.1) is 13.8 Å². The number of aryl methyl sites for hydroxylation is 2. The number of benzene rings is 3. The van der Waals surface area contributed by atoms with Crippen molar-refractivity contribution in [2.45, 2.75) is 39.0 Å². The maximum Gasteiger partial charge on any atom is 0.0148 e. The van der Waals surface area contributed by atoms with E-state index in [1.807, 2.05) is 0 Å². The van der Waals surface area contributed by atoms with Crippen LogP contribution in [0.3, 0.4) is 0 Å². The van der Waals surface area contributed by atoms with Gasteiger partial charge in [0.2, 0.25) is 0 Å². The molecule has 0 aromatic heterocycles. The highest BCUT2D eigenvalue weighted by atomic mass is 14.4. The summed E-state index contributed by atoms with van der Waals surface area (Å²) in [5, 5.41) is 0. The maximum absolute atomic E-state index is 2.37. The van der Waals surface area contributed by atoms with Crippen molar-refractivity contribution in [3.8, 4) is 0 Å². The van der Waals surface area contributed by atoms with Gasteiger partial charge in [-0.2, -0.15) is 0 Å². The van der Waals surface area contributed by atoms with Crippen LogP contribution in [0.1, 0.15) is 62.4 Å². The van der Waals surface area contributed by atoms with E-state index in [1.54, 1.807) is 11.1 Å². The molecule has 0 N–H and O–H groups in total. The molecule has 0 amide bonds. The van der Waals surface area contributed by atoms with Gasteiger partial charge in [-0.25, -0.2) is 0 Å². The van der Waals surface area contributed by atoms with Gasteiger partial charge in [-0.05, 0) is 94.3 Å². The number of allylic oxidation sites excluding steroid dienone is 2. The van der Waals surface area contributed by atoms with E-state index < -0.39 is 0 Å². The molecule has 0 spiro atoms. The number of rotatable bonds is 0. The van der Waals surface area contributed by atoms with E-state index in [-0.39, 0.29) is 0 Å². The van der Waals surface area contributed by atoms with Gasteiger partial charge in [0, 0.05) is 5.92 Å². The summed E-state index contributed by atoms with van der Waals surface area (Å²) < 4.78 is 0. The molecule has 1 atom stereocenters. The standard InChI is InChI=1S/C28H24/c1-17-19-7-3-11-22(17)27-24-13-5-9-21-10-6-14-25(26(21)24)28(27)23-12-4-8-20(16-15-19)18(23)2/h3-13,25H,14-16H2,1-2H3/t25-/m0/s1. The topological polar surface area (TPSA) is 0 Å². The lowest BCUT2D eigenvalue weighted by molar-refractivity contribution is 0.880. The molecule has 3 aromatic rings. The summed E-state index contributed by atoms with van der Waals surface area (Å²) in [6, 6.07) is 20.8. The Bertz CT molecular complexity index is 1200. The minimum atomic E-state index is 0.475. The van der Waals surface area contributed by atoms with Crippen molar-refractivity contribution in [3.05, 3.63) is 111 Å². The zero-order chi connectivity index (χ0) is 18.8. The van der Waals surface area contributed by atoms with E-state index in [0.29, 0.717) is 5.92 Å². The minimum Gasteiger partial charge on any atom is -0.0830 e. The molecule has 0 radical (unpaired) electrons. The van der Waals surface area contributed by atoms with E-state index in [1.165, 1.54) is 50.1 Å². The second-order valence-corrected chi connectivity index (χ2v) is 8.47. The molecular weight excluding hydrogens is 336 g/mol.